The SMILES string of the molecule is CC(C)(C)c1ccc2c3ccc(-c4ccc5c(c4)Cc4cc(-c6ccc7c8cccc9cccc(c%10cccc6c%107)c98)ccc4-5)c4cccc(c5cccc1c52)c43. The van der Waals surface area contributed by atoms with Crippen molar-refractivity contribution < 1.29 is 0 Å². The highest BCUT2D eigenvalue weighted by Crippen LogP contribution is 2.48. The summed E-state index contributed by atoms with van der Waals surface area (Å²) < 4.78 is 0. The lowest BCUT2D eigenvalue weighted by Gasteiger charge is -2.24. The summed E-state index contributed by atoms with van der Waals surface area (Å²) in [5, 5.41) is 21.6. The van der Waals surface area contributed by atoms with Gasteiger partial charge in [0.25, 0.3) is 0 Å². The fourth-order valence-corrected chi connectivity index (χ4v) is 11.1. The van der Waals surface area contributed by atoms with Gasteiger partial charge in [-0.2, -0.15) is 0 Å². The number of hydrogen-bond donors (Lipinski definition) is 0. The van der Waals surface area contributed by atoms with Gasteiger partial charge in [-0.25, -0.2) is 0 Å². The third-order valence-electron chi connectivity index (χ3n) is 13.5. The lowest BCUT2D eigenvalue weighted by Crippen LogP contribution is -2.11. The van der Waals surface area contributed by atoms with Gasteiger partial charge < -0.3 is 0 Å². The van der Waals surface area contributed by atoms with E-state index in [0.717, 1.165) is 6.42 Å². The van der Waals surface area contributed by atoms with E-state index in [2.05, 4.69) is 185 Å². The number of benzene rings is 12. The molecule has 0 nitrogen and oxygen atoms in total. The third kappa shape index (κ3) is 4.17. The number of rotatable bonds is 2. The van der Waals surface area contributed by atoms with Crippen molar-refractivity contribution in [2.45, 2.75) is 32.6 Å². The Kier molecular flexibility index (Phi) is 6.05. The first-order chi connectivity index (χ1) is 27.9. The summed E-state index contributed by atoms with van der Waals surface area (Å²) in [5.74, 6) is 0. The molecule has 0 spiro atoms. The number of hydrogen-bond acceptors (Lipinski definition) is 0. The monoisotopic (exact) mass is 722 g/mol. The average Bonchev–Trinajstić information content (AvgIpc) is 3.61. The Morgan fingerprint density at radius 3 is 1.18 bits per heavy atom. The lowest BCUT2D eigenvalue weighted by molar-refractivity contribution is 0.596. The van der Waals surface area contributed by atoms with E-state index < -0.39 is 0 Å². The lowest BCUT2D eigenvalue weighted by atomic mass is 9.80. The van der Waals surface area contributed by atoms with Crippen LogP contribution in [-0.4, -0.2) is 0 Å². The summed E-state index contributed by atoms with van der Waals surface area (Å²) in [6.45, 7) is 6.97. The zero-order valence-electron chi connectivity index (χ0n) is 32.3. The summed E-state index contributed by atoms with van der Waals surface area (Å²) in [6, 6.07) is 62.7. The van der Waals surface area contributed by atoms with Crippen LogP contribution in [0.15, 0.2) is 164 Å². The average molecular weight is 723 g/mol. The van der Waals surface area contributed by atoms with Gasteiger partial charge in [-0.15, -0.1) is 0 Å². The van der Waals surface area contributed by atoms with E-state index in [0.29, 0.717) is 0 Å². The van der Waals surface area contributed by atoms with E-state index in [9.17, 15) is 0 Å². The Labute approximate surface area is 331 Å². The van der Waals surface area contributed by atoms with Crippen LogP contribution in [0.25, 0.3) is 120 Å². The van der Waals surface area contributed by atoms with Gasteiger partial charge in [0.05, 0.1) is 0 Å². The van der Waals surface area contributed by atoms with Crippen LogP contribution in [0.2, 0.25) is 0 Å². The van der Waals surface area contributed by atoms with Gasteiger partial charge in [-0.05, 0) is 148 Å². The van der Waals surface area contributed by atoms with E-state index in [4.69, 9.17) is 0 Å². The van der Waals surface area contributed by atoms with Crippen molar-refractivity contribution in [1.82, 2.24) is 0 Å². The minimum atomic E-state index is 0.0710. The summed E-state index contributed by atoms with van der Waals surface area (Å²) in [5.41, 5.74) is 12.2. The Morgan fingerprint density at radius 2 is 0.684 bits per heavy atom. The molecular formula is C57H38. The molecule has 266 valence electrons. The molecule has 0 bridgehead atoms. The van der Waals surface area contributed by atoms with Crippen molar-refractivity contribution in [3.63, 3.8) is 0 Å². The minimum absolute atomic E-state index is 0.0710. The molecule has 1 aliphatic rings. The topological polar surface area (TPSA) is 0 Å². The summed E-state index contributed by atoms with van der Waals surface area (Å²) in [6.07, 6.45) is 0.940. The molecule has 0 aromatic heterocycles. The van der Waals surface area contributed by atoms with Crippen LogP contribution >= 0.6 is 0 Å². The van der Waals surface area contributed by atoms with Crippen molar-refractivity contribution in [3.05, 3.63) is 180 Å². The highest BCUT2D eigenvalue weighted by atomic mass is 14.3. The van der Waals surface area contributed by atoms with E-state index in [-0.39, 0.29) is 5.41 Å². The molecule has 12 aromatic rings. The molecule has 0 amide bonds. The summed E-state index contributed by atoms with van der Waals surface area (Å²) in [4.78, 5) is 0. The molecule has 0 N–H and O–H groups in total. The maximum absolute atomic E-state index is 2.46. The van der Waals surface area contributed by atoms with E-state index in [1.165, 1.54) is 136 Å². The Hall–Kier alpha value is -6.76. The van der Waals surface area contributed by atoms with Crippen molar-refractivity contribution in [1.29, 1.82) is 0 Å². The quantitative estimate of drug-likeness (QED) is 0.123. The summed E-state index contributed by atoms with van der Waals surface area (Å²) >= 11 is 0. The highest BCUT2D eigenvalue weighted by molar-refractivity contribution is 6.35. The second-order valence-corrected chi connectivity index (χ2v) is 17.5. The molecule has 57 heavy (non-hydrogen) atoms. The van der Waals surface area contributed by atoms with Crippen LogP contribution in [0.1, 0.15) is 37.5 Å². The first-order valence-electron chi connectivity index (χ1n) is 20.4. The normalized spacial score (nSPS) is 13.1. The first kappa shape index (κ1) is 31.4. The van der Waals surface area contributed by atoms with Crippen LogP contribution < -0.4 is 0 Å². The largest absolute Gasteiger partial charge is 0.0610 e. The Morgan fingerprint density at radius 1 is 0.316 bits per heavy atom. The van der Waals surface area contributed by atoms with E-state index in [1.54, 1.807) is 0 Å². The van der Waals surface area contributed by atoms with Gasteiger partial charge >= 0.3 is 0 Å². The van der Waals surface area contributed by atoms with Gasteiger partial charge in [0, 0.05) is 0 Å². The van der Waals surface area contributed by atoms with E-state index >= 15 is 0 Å². The molecule has 0 fully saturated rings. The molecule has 1 aliphatic carbocycles. The molecular weight excluding hydrogens is 685 g/mol. The van der Waals surface area contributed by atoms with Crippen molar-refractivity contribution in [3.8, 4) is 33.4 Å². The van der Waals surface area contributed by atoms with E-state index in [1.807, 2.05) is 0 Å². The van der Waals surface area contributed by atoms with Gasteiger partial charge in [0.1, 0.15) is 0 Å². The van der Waals surface area contributed by atoms with Crippen LogP contribution in [0.5, 0.6) is 0 Å². The van der Waals surface area contributed by atoms with Gasteiger partial charge in [0.2, 0.25) is 0 Å². The fourth-order valence-electron chi connectivity index (χ4n) is 11.1. The maximum Gasteiger partial charge on any atom is -0.00130 e. The smallest absolute Gasteiger partial charge is 0.00130 e. The van der Waals surface area contributed by atoms with Crippen LogP contribution in [0.4, 0.5) is 0 Å². The van der Waals surface area contributed by atoms with Gasteiger partial charge in [0.15, 0.2) is 0 Å². The third-order valence-corrected chi connectivity index (χ3v) is 13.5. The maximum atomic E-state index is 2.46. The molecule has 12 aromatic carbocycles. The molecule has 0 radical (unpaired) electrons. The van der Waals surface area contributed by atoms with Crippen LogP contribution in [0.3, 0.4) is 0 Å². The molecule has 0 saturated carbocycles. The zero-order valence-corrected chi connectivity index (χ0v) is 32.3. The first-order valence-corrected chi connectivity index (χ1v) is 20.4. The fraction of sp³-hybridized carbons (Fsp3) is 0.0877. The van der Waals surface area contributed by atoms with Crippen molar-refractivity contribution in [2.75, 3.05) is 0 Å². The second-order valence-electron chi connectivity index (χ2n) is 17.5. The van der Waals surface area contributed by atoms with Crippen molar-refractivity contribution >= 4 is 86.2 Å². The number of fused-ring (bicyclic) bond motifs is 7. The molecule has 0 unspecified atom stereocenters. The van der Waals surface area contributed by atoms with Gasteiger partial charge in [-0.3, -0.25) is 0 Å². The standard InChI is InChI=1S/C57H38/c1-57(2,3)52-28-27-50-49-26-24-38(42-14-7-16-46(55(42)49)47-17-8-18-51(52)56(47)50)34-20-22-40-36(30-34)31-35-29-33(19-21-39(35)40)37-23-25-48-44-12-5-10-32-9-4-11-43(53(32)44)45-15-6-13-41(37)54(45)48/h4-30H,31H2,1-3H3. The van der Waals surface area contributed by atoms with Crippen LogP contribution in [0, 0.1) is 0 Å². The molecule has 0 atom stereocenters. The zero-order chi connectivity index (χ0) is 37.7. The molecule has 0 aliphatic heterocycles. The predicted octanol–water partition coefficient (Wildman–Crippen LogP) is 16.0. The second kappa shape index (κ2) is 11.0. The Bertz CT molecular complexity index is 3610. The summed E-state index contributed by atoms with van der Waals surface area (Å²) in [7, 11) is 0. The van der Waals surface area contributed by atoms with Gasteiger partial charge in [-0.1, -0.05) is 185 Å². The van der Waals surface area contributed by atoms with Crippen molar-refractivity contribution in [2.24, 2.45) is 0 Å². The highest BCUT2D eigenvalue weighted by Gasteiger charge is 2.24. The Balaban J connectivity index is 0.928. The predicted molar refractivity (Wildman–Crippen MR) is 247 cm³/mol. The molecule has 0 heteroatoms. The molecule has 13 rings (SSSR count). The minimum Gasteiger partial charge on any atom is -0.0610 e. The van der Waals surface area contributed by atoms with Crippen LogP contribution in [-0.2, 0) is 11.8 Å². The molecule has 0 saturated heterocycles. The molecule has 0 heterocycles.